The first kappa shape index (κ1) is 14.9. The van der Waals surface area contributed by atoms with Crippen molar-refractivity contribution in [2.24, 2.45) is 0 Å². The van der Waals surface area contributed by atoms with Gasteiger partial charge >= 0.3 is 7.12 Å². The summed E-state index contributed by atoms with van der Waals surface area (Å²) in [6.45, 7) is 7.99. The van der Waals surface area contributed by atoms with Gasteiger partial charge in [0.2, 0.25) is 0 Å². The maximum Gasteiger partial charge on any atom is 0.564 e. The van der Waals surface area contributed by atoms with Gasteiger partial charge in [0.1, 0.15) is 5.60 Å². The van der Waals surface area contributed by atoms with Gasteiger partial charge < -0.3 is 9.31 Å². The summed E-state index contributed by atoms with van der Waals surface area (Å²) >= 11 is 1.83. The van der Waals surface area contributed by atoms with Gasteiger partial charge in [-0.2, -0.15) is 0 Å². The third-order valence-corrected chi connectivity index (χ3v) is 5.87. The van der Waals surface area contributed by atoms with Crippen LogP contribution in [0.5, 0.6) is 0 Å². The molecule has 2 aromatic carbocycles. The van der Waals surface area contributed by atoms with Crippen LogP contribution < -0.4 is 5.46 Å². The lowest BCUT2D eigenvalue weighted by Gasteiger charge is -2.16. The zero-order chi connectivity index (χ0) is 16.0. The molecule has 2 aliphatic rings. The molecular formula is C19H19BO2S. The van der Waals surface area contributed by atoms with Crippen LogP contribution in [0.1, 0.15) is 25.0 Å². The summed E-state index contributed by atoms with van der Waals surface area (Å²) < 4.78 is 12.0. The highest BCUT2D eigenvalue weighted by atomic mass is 32.2. The Bertz CT molecular complexity index is 785. The van der Waals surface area contributed by atoms with Crippen LogP contribution in [0.15, 0.2) is 64.6 Å². The molecule has 23 heavy (non-hydrogen) atoms. The van der Waals surface area contributed by atoms with E-state index in [0.29, 0.717) is 5.76 Å². The molecule has 2 heterocycles. The molecule has 0 aromatic heterocycles. The van der Waals surface area contributed by atoms with Gasteiger partial charge in [0.15, 0.2) is 0 Å². The largest absolute Gasteiger partial charge is 0.564 e. The van der Waals surface area contributed by atoms with E-state index in [1.165, 1.54) is 20.9 Å². The summed E-state index contributed by atoms with van der Waals surface area (Å²) in [6, 6.07) is 15.1. The van der Waals surface area contributed by atoms with E-state index in [0.717, 1.165) is 18.3 Å². The van der Waals surface area contributed by atoms with Gasteiger partial charge in [-0.25, -0.2) is 0 Å². The lowest BCUT2D eigenvalue weighted by atomic mass is 9.78. The fraction of sp³-hybridized carbons (Fsp3) is 0.263. The first-order valence-corrected chi connectivity index (χ1v) is 8.78. The van der Waals surface area contributed by atoms with E-state index in [1.54, 1.807) is 0 Å². The van der Waals surface area contributed by atoms with Crippen LogP contribution in [-0.4, -0.2) is 12.7 Å². The van der Waals surface area contributed by atoms with Crippen molar-refractivity contribution in [2.75, 3.05) is 0 Å². The van der Waals surface area contributed by atoms with E-state index in [2.05, 4.69) is 49.0 Å². The number of hydrogen-bond donors (Lipinski definition) is 0. The maximum atomic E-state index is 6.11. The van der Waals surface area contributed by atoms with Gasteiger partial charge in [0, 0.05) is 15.3 Å². The van der Waals surface area contributed by atoms with Crippen molar-refractivity contribution >= 4 is 24.3 Å². The van der Waals surface area contributed by atoms with Crippen molar-refractivity contribution in [3.05, 3.63) is 65.9 Å². The van der Waals surface area contributed by atoms with Gasteiger partial charge in [-0.15, -0.1) is 0 Å². The Labute approximate surface area is 142 Å². The number of fused-ring (bicyclic) bond motifs is 2. The third kappa shape index (κ3) is 2.60. The number of rotatable bonds is 1. The summed E-state index contributed by atoms with van der Waals surface area (Å²) in [7, 11) is -0.370. The fourth-order valence-corrected chi connectivity index (χ4v) is 4.31. The van der Waals surface area contributed by atoms with Crippen LogP contribution in [0.4, 0.5) is 0 Å². The van der Waals surface area contributed by atoms with E-state index in [9.17, 15) is 0 Å². The molecule has 0 aliphatic carbocycles. The van der Waals surface area contributed by atoms with Crippen molar-refractivity contribution in [3.63, 3.8) is 0 Å². The summed E-state index contributed by atoms with van der Waals surface area (Å²) in [5, 5.41) is 0. The smallest absolute Gasteiger partial charge is 0.534 e. The van der Waals surface area contributed by atoms with Gasteiger partial charge in [-0.05, 0) is 43.9 Å². The Morgan fingerprint density at radius 2 is 1.78 bits per heavy atom. The van der Waals surface area contributed by atoms with Crippen LogP contribution in [0, 0.1) is 0 Å². The van der Waals surface area contributed by atoms with E-state index in [-0.39, 0.29) is 7.12 Å². The second-order valence-corrected chi connectivity index (χ2v) is 7.60. The van der Waals surface area contributed by atoms with E-state index >= 15 is 0 Å². The molecule has 2 aliphatic heterocycles. The Kier molecular flexibility index (Phi) is 3.54. The van der Waals surface area contributed by atoms with Crippen LogP contribution >= 0.6 is 11.8 Å². The Hall–Kier alpha value is -1.65. The minimum Gasteiger partial charge on any atom is -0.534 e. The average molecular weight is 322 g/mol. The molecule has 0 saturated carbocycles. The molecule has 2 aromatic rings. The lowest BCUT2D eigenvalue weighted by molar-refractivity contribution is 0.173. The Morgan fingerprint density at radius 3 is 2.57 bits per heavy atom. The molecule has 1 fully saturated rings. The zero-order valence-corrected chi connectivity index (χ0v) is 14.3. The summed E-state index contributed by atoms with van der Waals surface area (Å²) in [4.78, 5) is 2.60. The molecule has 2 nitrogen and oxygen atoms in total. The molecular weight excluding hydrogens is 303 g/mol. The van der Waals surface area contributed by atoms with Crippen LogP contribution in [0.25, 0.3) is 0 Å². The minimum atomic E-state index is -0.444. The normalized spacial score (nSPS) is 18.9. The Balaban J connectivity index is 1.76. The lowest BCUT2D eigenvalue weighted by Crippen LogP contribution is -2.36. The van der Waals surface area contributed by atoms with E-state index < -0.39 is 5.60 Å². The SMILES string of the molecule is C=C1OB(c2cccc3c2Sc2ccccc2CC3)OC1(C)C. The predicted molar refractivity (Wildman–Crippen MR) is 95.2 cm³/mol. The molecule has 4 heteroatoms. The van der Waals surface area contributed by atoms with Crippen molar-refractivity contribution in [1.82, 2.24) is 0 Å². The number of benzene rings is 2. The van der Waals surface area contributed by atoms with Gasteiger partial charge in [0.05, 0.1) is 5.76 Å². The second-order valence-electron chi connectivity index (χ2n) is 6.55. The molecule has 0 unspecified atom stereocenters. The summed E-state index contributed by atoms with van der Waals surface area (Å²) in [6.07, 6.45) is 2.12. The van der Waals surface area contributed by atoms with E-state index in [1.807, 2.05) is 25.6 Å². The predicted octanol–water partition coefficient (Wildman–Crippen LogP) is 3.97. The van der Waals surface area contributed by atoms with Gasteiger partial charge in [-0.1, -0.05) is 54.7 Å². The van der Waals surface area contributed by atoms with Crippen molar-refractivity contribution in [3.8, 4) is 0 Å². The maximum absolute atomic E-state index is 6.11. The standard InChI is InChI=1S/C19H19BO2S/c1-13-19(2,3)22-20(21-13)16-9-6-8-15-12-11-14-7-4-5-10-17(14)23-18(15)16/h4-10H,1,11-12H2,2-3H3. The minimum absolute atomic E-state index is 0.370. The van der Waals surface area contributed by atoms with Crippen molar-refractivity contribution in [1.29, 1.82) is 0 Å². The quantitative estimate of drug-likeness (QED) is 0.740. The average Bonchev–Trinajstić information content (AvgIpc) is 2.71. The fourth-order valence-electron chi connectivity index (χ4n) is 3.06. The van der Waals surface area contributed by atoms with Gasteiger partial charge in [0.25, 0.3) is 0 Å². The molecule has 0 atom stereocenters. The topological polar surface area (TPSA) is 18.5 Å². The summed E-state index contributed by atoms with van der Waals surface area (Å²) in [5.74, 6) is 0.694. The highest BCUT2D eigenvalue weighted by Crippen LogP contribution is 2.38. The molecule has 1 saturated heterocycles. The van der Waals surface area contributed by atoms with Crippen molar-refractivity contribution < 1.29 is 9.31 Å². The molecule has 4 rings (SSSR count). The molecule has 116 valence electrons. The first-order chi connectivity index (χ1) is 11.0. The van der Waals surface area contributed by atoms with Gasteiger partial charge in [-0.3, -0.25) is 0 Å². The molecule has 0 N–H and O–H groups in total. The highest BCUT2D eigenvalue weighted by molar-refractivity contribution is 7.99. The number of hydrogen-bond acceptors (Lipinski definition) is 3. The van der Waals surface area contributed by atoms with Crippen LogP contribution in [0.2, 0.25) is 0 Å². The second kappa shape index (κ2) is 5.46. The molecule has 0 bridgehead atoms. The summed E-state index contributed by atoms with van der Waals surface area (Å²) in [5.41, 5.74) is 3.44. The highest BCUT2D eigenvalue weighted by Gasteiger charge is 2.44. The molecule has 0 spiro atoms. The molecule has 0 amide bonds. The third-order valence-electron chi connectivity index (χ3n) is 4.55. The van der Waals surface area contributed by atoms with Crippen molar-refractivity contribution in [2.45, 2.75) is 42.1 Å². The van der Waals surface area contributed by atoms with Crippen LogP contribution in [0.3, 0.4) is 0 Å². The zero-order valence-electron chi connectivity index (χ0n) is 13.5. The Morgan fingerprint density at radius 1 is 1.04 bits per heavy atom. The first-order valence-electron chi connectivity index (χ1n) is 7.96. The number of aryl methyl sites for hydroxylation is 2. The van der Waals surface area contributed by atoms with E-state index in [4.69, 9.17) is 9.31 Å². The molecule has 0 radical (unpaired) electrons. The monoisotopic (exact) mass is 322 g/mol. The van der Waals surface area contributed by atoms with Crippen LogP contribution in [-0.2, 0) is 22.2 Å².